The summed E-state index contributed by atoms with van der Waals surface area (Å²) in [4.78, 5) is 2.33. The average Bonchev–Trinajstić information content (AvgIpc) is 3.12. The maximum absolute atomic E-state index is 11.2. The van der Waals surface area contributed by atoms with Crippen molar-refractivity contribution in [1.29, 1.82) is 0 Å². The van der Waals surface area contributed by atoms with Crippen molar-refractivity contribution in [2.75, 3.05) is 26.8 Å². The van der Waals surface area contributed by atoms with Gasteiger partial charge in [-0.2, -0.15) is 0 Å². The van der Waals surface area contributed by atoms with Crippen LogP contribution in [0.4, 0.5) is 0 Å². The first-order valence-corrected chi connectivity index (χ1v) is 10.2. The lowest BCUT2D eigenvalue weighted by Gasteiger charge is -2.43. The normalized spacial score (nSPS) is 29.9. The summed E-state index contributed by atoms with van der Waals surface area (Å²) in [7, 11) is 1.64. The van der Waals surface area contributed by atoms with E-state index in [1.54, 1.807) is 7.11 Å². The molecule has 2 saturated heterocycles. The second-order valence-corrected chi connectivity index (χ2v) is 7.36. The molecule has 2 fully saturated rings. The highest BCUT2D eigenvalue weighted by Gasteiger charge is 2.53. The van der Waals surface area contributed by atoms with Crippen molar-refractivity contribution in [2.45, 2.75) is 70.2 Å². The van der Waals surface area contributed by atoms with Gasteiger partial charge in [-0.25, -0.2) is 0 Å². The lowest BCUT2D eigenvalue weighted by atomic mass is 9.96. The summed E-state index contributed by atoms with van der Waals surface area (Å²) < 4.78 is 23.3. The van der Waals surface area contributed by atoms with Gasteiger partial charge in [0, 0.05) is 0 Å². The van der Waals surface area contributed by atoms with E-state index in [0.717, 1.165) is 44.5 Å². The molecule has 1 N–H and O–H groups in total. The monoisotopic (exact) mass is 379 g/mol. The molecular weight excluding hydrogens is 346 g/mol. The fourth-order valence-electron chi connectivity index (χ4n) is 3.84. The third kappa shape index (κ3) is 4.74. The van der Waals surface area contributed by atoms with E-state index in [1.807, 2.05) is 24.3 Å². The Kier molecular flexibility index (Phi) is 7.35. The van der Waals surface area contributed by atoms with E-state index in [1.165, 1.54) is 0 Å². The van der Waals surface area contributed by atoms with Crippen molar-refractivity contribution in [1.82, 2.24) is 4.90 Å². The molecule has 2 aliphatic heterocycles. The van der Waals surface area contributed by atoms with Gasteiger partial charge in [0.15, 0.2) is 12.4 Å². The van der Waals surface area contributed by atoms with Crippen molar-refractivity contribution in [3.05, 3.63) is 24.3 Å². The van der Waals surface area contributed by atoms with E-state index in [0.29, 0.717) is 12.4 Å². The quantitative estimate of drug-likeness (QED) is 0.675. The van der Waals surface area contributed by atoms with Crippen LogP contribution < -0.4 is 9.47 Å². The zero-order valence-electron chi connectivity index (χ0n) is 16.7. The van der Waals surface area contributed by atoms with Crippen molar-refractivity contribution in [3.63, 3.8) is 0 Å². The zero-order chi connectivity index (χ0) is 19.2. The Balaban J connectivity index is 1.74. The number of nitrogens with zero attached hydrogens (tertiary/aromatic N) is 1. The largest absolute Gasteiger partial charge is 0.497 e. The number of rotatable bonds is 10. The summed E-state index contributed by atoms with van der Waals surface area (Å²) in [5.41, 5.74) is 0. The first kappa shape index (κ1) is 20.4. The highest BCUT2D eigenvalue weighted by Crippen LogP contribution is 2.34. The molecule has 0 aliphatic carbocycles. The van der Waals surface area contributed by atoms with Crippen LogP contribution in [0.15, 0.2) is 24.3 Å². The lowest BCUT2D eigenvalue weighted by molar-refractivity contribution is -0.205. The molecule has 27 heavy (non-hydrogen) atoms. The second kappa shape index (κ2) is 9.73. The summed E-state index contributed by atoms with van der Waals surface area (Å²) in [5, 5.41) is 11.2. The molecule has 0 radical (unpaired) electrons. The van der Waals surface area contributed by atoms with Crippen LogP contribution in [0.3, 0.4) is 0 Å². The maximum Gasteiger partial charge on any atom is 0.176 e. The van der Waals surface area contributed by atoms with E-state index in [-0.39, 0.29) is 18.4 Å². The summed E-state index contributed by atoms with van der Waals surface area (Å²) in [5.74, 6) is 1.47. The predicted molar refractivity (Wildman–Crippen MR) is 103 cm³/mol. The summed E-state index contributed by atoms with van der Waals surface area (Å²) in [6, 6.07) is 7.21. The van der Waals surface area contributed by atoms with Crippen molar-refractivity contribution in [3.8, 4) is 11.5 Å². The molecule has 1 aromatic carbocycles. The number of hydrogen-bond acceptors (Lipinski definition) is 6. The number of benzene rings is 1. The van der Waals surface area contributed by atoms with Crippen LogP contribution in [0.2, 0.25) is 0 Å². The Morgan fingerprint density at radius 2 is 1.70 bits per heavy atom. The topological polar surface area (TPSA) is 60.4 Å². The molecule has 0 unspecified atom stereocenters. The van der Waals surface area contributed by atoms with Gasteiger partial charge >= 0.3 is 0 Å². The third-order valence-corrected chi connectivity index (χ3v) is 5.42. The molecule has 2 heterocycles. The van der Waals surface area contributed by atoms with Gasteiger partial charge in [-0.1, -0.05) is 26.7 Å². The van der Waals surface area contributed by atoms with E-state index in [2.05, 4.69) is 18.7 Å². The molecule has 0 aromatic heterocycles. The van der Waals surface area contributed by atoms with Crippen LogP contribution in [-0.2, 0) is 9.47 Å². The Labute approximate surface area is 162 Å². The number of aliphatic hydroxyl groups excluding tert-OH is 1. The molecule has 6 nitrogen and oxygen atoms in total. The predicted octanol–water partition coefficient (Wildman–Crippen LogP) is 2.83. The summed E-state index contributed by atoms with van der Waals surface area (Å²) >= 11 is 0. The van der Waals surface area contributed by atoms with Crippen molar-refractivity contribution >= 4 is 0 Å². The van der Waals surface area contributed by atoms with Gasteiger partial charge in [-0.05, 0) is 50.2 Å². The maximum atomic E-state index is 11.2. The molecule has 2 bridgehead atoms. The molecule has 6 heteroatoms. The van der Waals surface area contributed by atoms with Crippen LogP contribution in [0.1, 0.15) is 39.5 Å². The fraction of sp³-hybridized carbons (Fsp3) is 0.714. The van der Waals surface area contributed by atoms with Crippen LogP contribution in [0.25, 0.3) is 0 Å². The number of unbranched alkanes of at least 4 members (excludes halogenated alkanes) is 2. The Bertz CT molecular complexity index is 558. The third-order valence-electron chi connectivity index (χ3n) is 5.42. The first-order chi connectivity index (χ1) is 13.2. The molecule has 152 valence electrons. The Morgan fingerprint density at radius 1 is 1.07 bits per heavy atom. The van der Waals surface area contributed by atoms with Gasteiger partial charge in [-0.3, -0.25) is 4.90 Å². The van der Waals surface area contributed by atoms with E-state index in [9.17, 15) is 5.11 Å². The van der Waals surface area contributed by atoms with Crippen molar-refractivity contribution < 1.29 is 24.1 Å². The number of methoxy groups -OCH3 is 1. The summed E-state index contributed by atoms with van der Waals surface area (Å²) in [6.45, 7) is 6.68. The molecular formula is C21H33NO5. The molecule has 1 aromatic rings. The Morgan fingerprint density at radius 3 is 2.30 bits per heavy atom. The molecule has 0 amide bonds. The van der Waals surface area contributed by atoms with Gasteiger partial charge in [0.1, 0.15) is 23.7 Å². The molecule has 3 rings (SSSR count). The van der Waals surface area contributed by atoms with E-state index in [4.69, 9.17) is 18.9 Å². The van der Waals surface area contributed by atoms with Crippen LogP contribution in [-0.4, -0.2) is 67.5 Å². The average molecular weight is 379 g/mol. The minimum Gasteiger partial charge on any atom is -0.497 e. The van der Waals surface area contributed by atoms with Crippen LogP contribution in [0, 0.1) is 0 Å². The van der Waals surface area contributed by atoms with E-state index < -0.39 is 12.2 Å². The van der Waals surface area contributed by atoms with Gasteiger partial charge in [-0.15, -0.1) is 0 Å². The lowest BCUT2D eigenvalue weighted by Crippen LogP contribution is -2.62. The molecule has 0 spiro atoms. The van der Waals surface area contributed by atoms with Gasteiger partial charge < -0.3 is 24.1 Å². The zero-order valence-corrected chi connectivity index (χ0v) is 16.7. The second-order valence-electron chi connectivity index (χ2n) is 7.36. The Hall–Kier alpha value is -1.34. The number of fused-ring (bicyclic) bond motifs is 2. The summed E-state index contributed by atoms with van der Waals surface area (Å²) in [6.07, 6.45) is 2.68. The van der Waals surface area contributed by atoms with Gasteiger partial charge in [0.05, 0.1) is 19.8 Å². The van der Waals surface area contributed by atoms with Crippen molar-refractivity contribution in [2.24, 2.45) is 0 Å². The number of hydrogen-bond donors (Lipinski definition) is 1. The molecule has 5 atom stereocenters. The van der Waals surface area contributed by atoms with Gasteiger partial charge in [0.2, 0.25) is 0 Å². The molecule has 0 saturated carbocycles. The number of aliphatic hydroxyl groups is 1. The minimum absolute atomic E-state index is 0.204. The molecule has 2 aliphatic rings. The first-order valence-electron chi connectivity index (χ1n) is 10.2. The van der Waals surface area contributed by atoms with E-state index >= 15 is 0 Å². The minimum atomic E-state index is -0.660. The SMILES string of the molecule is CCCCN(CCCC)[C@H]1[C@@H]2OC[C@@H](O2)[C@@H](Oc2ccc(OC)cc2)[C@@H]1O. The standard InChI is InChI=1S/C21H33NO5/c1-4-6-12-22(13-7-5-2)18-19(23)20(17-14-25-21(18)27-17)26-16-10-8-15(24-3)9-11-16/h8-11,17-21,23H,4-7,12-14H2,1-3H3/t17-,18-,19-,20-,21-/m1/s1. The smallest absolute Gasteiger partial charge is 0.176 e. The highest BCUT2D eigenvalue weighted by molar-refractivity contribution is 5.31. The fourth-order valence-corrected chi connectivity index (χ4v) is 3.84. The highest BCUT2D eigenvalue weighted by atomic mass is 16.7. The number of ether oxygens (including phenoxy) is 4. The van der Waals surface area contributed by atoms with Crippen LogP contribution in [0.5, 0.6) is 11.5 Å². The van der Waals surface area contributed by atoms with Gasteiger partial charge in [0.25, 0.3) is 0 Å². The van der Waals surface area contributed by atoms with Crippen LogP contribution >= 0.6 is 0 Å².